The third-order valence-electron chi connectivity index (χ3n) is 6.66. The van der Waals surface area contributed by atoms with Gasteiger partial charge in [-0.05, 0) is 68.7 Å². The van der Waals surface area contributed by atoms with Crippen molar-refractivity contribution in [2.24, 2.45) is 0 Å². The summed E-state index contributed by atoms with van der Waals surface area (Å²) >= 11 is 0. The third-order valence-corrected chi connectivity index (χ3v) is 8.45. The highest BCUT2D eigenvalue weighted by Gasteiger charge is 2.33. The Labute approximate surface area is 238 Å². The van der Waals surface area contributed by atoms with Crippen LogP contribution >= 0.6 is 0 Å². The van der Waals surface area contributed by atoms with Crippen LogP contribution in [0.2, 0.25) is 0 Å². The molecule has 3 aromatic rings. The second kappa shape index (κ2) is 14.0. The van der Waals surface area contributed by atoms with Gasteiger partial charge in [0.25, 0.3) is 10.0 Å². The average molecular weight is 566 g/mol. The first-order chi connectivity index (χ1) is 19.1. The molecule has 0 fully saturated rings. The summed E-state index contributed by atoms with van der Waals surface area (Å²) in [6.07, 6.45) is 1.12. The Bertz CT molecular complexity index is 1370. The van der Waals surface area contributed by atoms with Gasteiger partial charge in [-0.25, -0.2) is 8.42 Å². The van der Waals surface area contributed by atoms with E-state index in [1.807, 2.05) is 39.8 Å². The molecule has 9 heteroatoms. The molecule has 0 aliphatic carbocycles. The van der Waals surface area contributed by atoms with Gasteiger partial charge in [-0.2, -0.15) is 0 Å². The third kappa shape index (κ3) is 7.63. The molecular weight excluding hydrogens is 526 g/mol. The molecule has 0 aliphatic rings. The highest BCUT2D eigenvalue weighted by molar-refractivity contribution is 7.92. The molecule has 0 spiro atoms. The molecule has 1 atom stereocenters. The maximum atomic E-state index is 14.0. The highest BCUT2D eigenvalue weighted by atomic mass is 32.2. The lowest BCUT2D eigenvalue weighted by molar-refractivity contribution is -0.140. The minimum absolute atomic E-state index is 0.0842. The number of rotatable bonds is 13. The zero-order valence-electron chi connectivity index (χ0n) is 23.9. The maximum Gasteiger partial charge on any atom is 0.264 e. The molecule has 0 heterocycles. The molecule has 0 unspecified atom stereocenters. The first-order valence-corrected chi connectivity index (χ1v) is 14.9. The quantitative estimate of drug-likeness (QED) is 0.320. The van der Waals surface area contributed by atoms with Crippen molar-refractivity contribution in [2.45, 2.75) is 58.0 Å². The lowest BCUT2D eigenvalue weighted by Gasteiger charge is -2.33. The van der Waals surface area contributed by atoms with Crippen molar-refractivity contribution in [1.29, 1.82) is 0 Å². The van der Waals surface area contributed by atoms with E-state index in [0.29, 0.717) is 24.4 Å². The lowest BCUT2D eigenvalue weighted by atomic mass is 10.1. The Morgan fingerprint density at radius 2 is 1.45 bits per heavy atom. The number of nitrogens with one attached hydrogen (secondary N) is 1. The van der Waals surface area contributed by atoms with Crippen molar-refractivity contribution in [3.8, 4) is 5.75 Å². The normalized spacial score (nSPS) is 11.9. The van der Waals surface area contributed by atoms with Gasteiger partial charge in [-0.15, -0.1) is 0 Å². The number of hydrogen-bond donors (Lipinski definition) is 1. The van der Waals surface area contributed by atoms with Gasteiger partial charge >= 0.3 is 0 Å². The van der Waals surface area contributed by atoms with Crippen LogP contribution in [0, 0.1) is 13.8 Å². The summed E-state index contributed by atoms with van der Waals surface area (Å²) in [5.41, 5.74) is 3.04. The number of carbonyl (C=O) groups excluding carboxylic acids is 2. The number of aryl methyl sites for hydroxylation is 2. The Kier molecular flexibility index (Phi) is 10.7. The molecule has 2 amide bonds. The Hall–Kier alpha value is -3.85. The zero-order valence-corrected chi connectivity index (χ0v) is 24.7. The zero-order chi connectivity index (χ0) is 29.3. The summed E-state index contributed by atoms with van der Waals surface area (Å²) in [5, 5.41) is 2.89. The molecule has 0 aliphatic heterocycles. The van der Waals surface area contributed by atoms with Crippen LogP contribution in [-0.2, 0) is 26.2 Å². The van der Waals surface area contributed by atoms with Crippen LogP contribution in [-0.4, -0.2) is 51.4 Å². The maximum absolute atomic E-state index is 14.0. The van der Waals surface area contributed by atoms with Gasteiger partial charge in [0.15, 0.2) is 0 Å². The summed E-state index contributed by atoms with van der Waals surface area (Å²) in [6, 6.07) is 20.0. The van der Waals surface area contributed by atoms with E-state index in [9.17, 15) is 18.0 Å². The summed E-state index contributed by atoms with van der Waals surface area (Å²) < 4.78 is 34.2. The van der Waals surface area contributed by atoms with Gasteiger partial charge in [0, 0.05) is 13.1 Å². The molecule has 0 saturated carbocycles. The summed E-state index contributed by atoms with van der Waals surface area (Å²) in [7, 11) is -2.52. The molecule has 0 saturated heterocycles. The van der Waals surface area contributed by atoms with Crippen molar-refractivity contribution in [1.82, 2.24) is 10.2 Å². The number of nitrogens with zero attached hydrogens (tertiary/aromatic N) is 2. The van der Waals surface area contributed by atoms with E-state index >= 15 is 0 Å². The Morgan fingerprint density at radius 1 is 0.875 bits per heavy atom. The molecule has 3 aromatic carbocycles. The minimum atomic E-state index is -4.09. The smallest absolute Gasteiger partial charge is 0.264 e. The van der Waals surface area contributed by atoms with E-state index in [1.165, 1.54) is 4.90 Å². The number of benzene rings is 3. The Balaban J connectivity index is 2.03. The molecule has 1 N–H and O–H groups in total. The monoisotopic (exact) mass is 565 g/mol. The van der Waals surface area contributed by atoms with Crippen molar-refractivity contribution >= 4 is 27.5 Å². The topological polar surface area (TPSA) is 96.0 Å². The molecule has 40 heavy (non-hydrogen) atoms. The van der Waals surface area contributed by atoms with Crippen molar-refractivity contribution < 1.29 is 22.7 Å². The second-order valence-electron chi connectivity index (χ2n) is 9.75. The van der Waals surface area contributed by atoms with E-state index < -0.39 is 28.5 Å². The van der Waals surface area contributed by atoms with Crippen LogP contribution in [0.4, 0.5) is 5.69 Å². The van der Waals surface area contributed by atoms with Crippen LogP contribution in [0.5, 0.6) is 5.75 Å². The summed E-state index contributed by atoms with van der Waals surface area (Å²) in [5.74, 6) is -0.0795. The second-order valence-corrected chi connectivity index (χ2v) is 11.6. The number of ether oxygens (including phenoxy) is 1. The molecule has 3 rings (SSSR count). The molecule has 0 radical (unpaired) electrons. The highest BCUT2D eigenvalue weighted by Crippen LogP contribution is 2.26. The van der Waals surface area contributed by atoms with E-state index in [1.54, 1.807) is 67.8 Å². The van der Waals surface area contributed by atoms with Gasteiger partial charge in [0.05, 0.1) is 17.7 Å². The number of hydrogen-bond acceptors (Lipinski definition) is 5. The first-order valence-electron chi connectivity index (χ1n) is 13.5. The standard InChI is InChI=1S/C31H39N3O5S/c1-6-20-32-31(36)29(7-2)33(21-25-12-16-27(39-5)17-13-25)30(35)22-34(26-14-8-23(3)9-15-26)40(37,38)28-18-10-24(4)11-19-28/h8-19,29H,6-7,20-22H2,1-5H3,(H,32,36)/t29-/m0/s1. The predicted molar refractivity (Wildman–Crippen MR) is 158 cm³/mol. The number of anilines is 1. The van der Waals surface area contributed by atoms with Crippen LogP contribution in [0.25, 0.3) is 0 Å². The molecular formula is C31H39N3O5S. The number of carbonyl (C=O) groups is 2. The molecule has 0 aromatic heterocycles. The van der Waals surface area contributed by atoms with Gasteiger partial charge in [0.2, 0.25) is 11.8 Å². The van der Waals surface area contributed by atoms with E-state index in [2.05, 4.69) is 5.32 Å². The minimum Gasteiger partial charge on any atom is -0.497 e. The molecule has 0 bridgehead atoms. The first kappa shape index (κ1) is 30.7. The van der Waals surface area contributed by atoms with Gasteiger partial charge in [-0.3, -0.25) is 13.9 Å². The van der Waals surface area contributed by atoms with Gasteiger partial charge in [0.1, 0.15) is 18.3 Å². The summed E-state index contributed by atoms with van der Waals surface area (Å²) in [4.78, 5) is 28.8. The number of amides is 2. The largest absolute Gasteiger partial charge is 0.497 e. The van der Waals surface area contributed by atoms with Crippen molar-refractivity contribution in [3.05, 3.63) is 89.5 Å². The molecule has 214 valence electrons. The van der Waals surface area contributed by atoms with Crippen LogP contribution in [0.3, 0.4) is 0 Å². The SMILES string of the molecule is CCCNC(=O)[C@H](CC)N(Cc1ccc(OC)cc1)C(=O)CN(c1ccc(C)cc1)S(=O)(=O)c1ccc(C)cc1. The van der Waals surface area contributed by atoms with Gasteiger partial charge in [-0.1, -0.05) is 61.4 Å². The Morgan fingerprint density at radius 3 is 1.98 bits per heavy atom. The van der Waals surface area contributed by atoms with Crippen LogP contribution in [0.1, 0.15) is 43.4 Å². The fraction of sp³-hybridized carbons (Fsp3) is 0.355. The van der Waals surface area contributed by atoms with Crippen molar-refractivity contribution in [2.75, 3.05) is 24.5 Å². The van der Waals surface area contributed by atoms with Crippen LogP contribution < -0.4 is 14.4 Å². The van der Waals surface area contributed by atoms with Crippen molar-refractivity contribution in [3.63, 3.8) is 0 Å². The van der Waals surface area contributed by atoms with E-state index in [-0.39, 0.29) is 17.3 Å². The van der Waals surface area contributed by atoms with Gasteiger partial charge < -0.3 is 15.0 Å². The van der Waals surface area contributed by atoms with E-state index in [4.69, 9.17) is 4.74 Å². The average Bonchev–Trinajstić information content (AvgIpc) is 2.95. The van der Waals surface area contributed by atoms with E-state index in [0.717, 1.165) is 27.4 Å². The van der Waals surface area contributed by atoms with Crippen LogP contribution in [0.15, 0.2) is 77.7 Å². The number of sulfonamides is 1. The molecule has 8 nitrogen and oxygen atoms in total. The number of methoxy groups -OCH3 is 1. The predicted octanol–water partition coefficient (Wildman–Crippen LogP) is 4.84. The summed E-state index contributed by atoms with van der Waals surface area (Å²) in [6.45, 7) is 7.73. The fourth-order valence-corrected chi connectivity index (χ4v) is 5.70. The lowest BCUT2D eigenvalue weighted by Crippen LogP contribution is -2.52. The fourth-order valence-electron chi connectivity index (χ4n) is 4.29.